The van der Waals surface area contributed by atoms with E-state index in [0.717, 1.165) is 11.1 Å². The van der Waals surface area contributed by atoms with Gasteiger partial charge in [-0.3, -0.25) is 4.79 Å². The minimum atomic E-state index is -0.384. The lowest BCUT2D eigenvalue weighted by Gasteiger charge is -2.11. The minimum absolute atomic E-state index is 0.207. The number of aromatic nitrogens is 2. The molecule has 0 atom stereocenters. The average Bonchev–Trinajstić information content (AvgIpc) is 2.67. The van der Waals surface area contributed by atoms with Crippen LogP contribution in [0.4, 0.5) is 5.82 Å². The summed E-state index contributed by atoms with van der Waals surface area (Å²) >= 11 is 0. The molecule has 3 rings (SSSR count). The molecule has 3 N–H and O–H groups in total. The first kappa shape index (κ1) is 16.6. The molecule has 0 bridgehead atoms. The van der Waals surface area contributed by atoms with Crippen LogP contribution in [0, 0.1) is 0 Å². The van der Waals surface area contributed by atoms with E-state index < -0.39 is 0 Å². The summed E-state index contributed by atoms with van der Waals surface area (Å²) in [7, 11) is 0. The van der Waals surface area contributed by atoms with Crippen molar-refractivity contribution in [3.05, 3.63) is 83.8 Å². The van der Waals surface area contributed by atoms with E-state index in [0.29, 0.717) is 24.7 Å². The quantitative estimate of drug-likeness (QED) is 0.723. The maximum atomic E-state index is 12.5. The van der Waals surface area contributed by atoms with E-state index in [1.54, 1.807) is 36.7 Å². The smallest absolute Gasteiger partial charge is 0.279 e. The number of rotatable bonds is 6. The highest BCUT2D eigenvalue weighted by molar-refractivity contribution is 6.04. The first-order valence-electron chi connectivity index (χ1n) is 7.84. The molecule has 25 heavy (non-hydrogen) atoms. The normalized spacial score (nSPS) is 10.3. The number of carbonyl (C=O) groups is 1. The molecular formula is C19H18N4O2. The number of carbonyl (C=O) groups excluding carboxylic acids is 1. The van der Waals surface area contributed by atoms with Crippen molar-refractivity contribution in [1.82, 2.24) is 9.97 Å². The molecule has 0 aliphatic heterocycles. The van der Waals surface area contributed by atoms with Gasteiger partial charge in [-0.2, -0.15) is 0 Å². The average molecular weight is 334 g/mol. The molecule has 0 spiro atoms. The Labute approximate surface area is 145 Å². The molecule has 0 saturated carbocycles. The Morgan fingerprint density at radius 1 is 1.00 bits per heavy atom. The number of anilines is 1. The number of nitrogens with zero attached hydrogens (tertiary/aromatic N) is 2. The number of amides is 1. The van der Waals surface area contributed by atoms with Gasteiger partial charge in [0.1, 0.15) is 12.4 Å². The van der Waals surface area contributed by atoms with Crippen molar-refractivity contribution in [3.63, 3.8) is 0 Å². The van der Waals surface area contributed by atoms with Crippen LogP contribution < -0.4 is 15.8 Å². The van der Waals surface area contributed by atoms with Gasteiger partial charge in [-0.05, 0) is 35.4 Å². The largest absolute Gasteiger partial charge is 0.486 e. The Morgan fingerprint density at radius 2 is 1.84 bits per heavy atom. The van der Waals surface area contributed by atoms with Gasteiger partial charge in [-0.1, -0.05) is 30.3 Å². The van der Waals surface area contributed by atoms with Crippen molar-refractivity contribution in [2.45, 2.75) is 13.2 Å². The fourth-order valence-electron chi connectivity index (χ4n) is 2.26. The molecule has 0 radical (unpaired) electrons. The topological polar surface area (TPSA) is 90.1 Å². The van der Waals surface area contributed by atoms with Gasteiger partial charge in [0.15, 0.2) is 11.4 Å². The third kappa shape index (κ3) is 4.39. The molecule has 0 aliphatic carbocycles. The van der Waals surface area contributed by atoms with Gasteiger partial charge >= 0.3 is 0 Å². The van der Waals surface area contributed by atoms with Crippen LogP contribution in [-0.2, 0) is 13.2 Å². The highest BCUT2D eigenvalue weighted by Gasteiger charge is 2.15. The summed E-state index contributed by atoms with van der Waals surface area (Å²) in [5, 5.41) is 2.72. The van der Waals surface area contributed by atoms with Crippen molar-refractivity contribution in [1.29, 1.82) is 0 Å². The maximum absolute atomic E-state index is 12.5. The first-order chi connectivity index (χ1) is 12.3. The Hall–Kier alpha value is -3.25. The fourth-order valence-corrected chi connectivity index (χ4v) is 2.26. The second kappa shape index (κ2) is 8.03. The number of hydrogen-bond acceptors (Lipinski definition) is 5. The molecule has 2 heterocycles. The van der Waals surface area contributed by atoms with E-state index in [2.05, 4.69) is 15.3 Å². The number of benzene rings is 1. The predicted octanol–water partition coefficient (Wildman–Crippen LogP) is 2.77. The third-order valence-electron chi connectivity index (χ3n) is 3.52. The van der Waals surface area contributed by atoms with E-state index in [-0.39, 0.29) is 11.6 Å². The maximum Gasteiger partial charge on any atom is 0.279 e. The summed E-state index contributed by atoms with van der Waals surface area (Å²) < 4.78 is 5.76. The van der Waals surface area contributed by atoms with E-state index in [1.807, 2.05) is 30.3 Å². The molecule has 1 aromatic carbocycles. The second-order valence-corrected chi connectivity index (χ2v) is 5.33. The van der Waals surface area contributed by atoms with Gasteiger partial charge in [0.2, 0.25) is 0 Å². The summed E-state index contributed by atoms with van der Waals surface area (Å²) in [5.74, 6) is 0.455. The Kier molecular flexibility index (Phi) is 5.33. The van der Waals surface area contributed by atoms with Crippen LogP contribution in [0.3, 0.4) is 0 Å². The van der Waals surface area contributed by atoms with Crippen molar-refractivity contribution >= 4 is 11.7 Å². The molecule has 3 aromatic rings. The third-order valence-corrected chi connectivity index (χ3v) is 3.52. The molecule has 0 fully saturated rings. The van der Waals surface area contributed by atoms with Crippen molar-refractivity contribution < 1.29 is 9.53 Å². The minimum Gasteiger partial charge on any atom is -0.486 e. The van der Waals surface area contributed by atoms with E-state index in [9.17, 15) is 4.79 Å². The molecule has 0 saturated heterocycles. The highest BCUT2D eigenvalue weighted by atomic mass is 16.5. The van der Waals surface area contributed by atoms with Crippen molar-refractivity contribution in [2.24, 2.45) is 5.73 Å². The Balaban J connectivity index is 1.74. The van der Waals surface area contributed by atoms with Gasteiger partial charge in [0, 0.05) is 18.9 Å². The zero-order chi connectivity index (χ0) is 17.5. The predicted molar refractivity (Wildman–Crippen MR) is 95.1 cm³/mol. The standard InChI is InChI=1S/C19H18N4O2/c20-12-15-8-10-21-17(11-15)23-19(24)18-16(7-4-9-22-18)25-13-14-5-2-1-3-6-14/h1-11H,12-13,20H2,(H,21,23,24). The number of hydrogen-bond donors (Lipinski definition) is 2. The summed E-state index contributed by atoms with van der Waals surface area (Å²) in [6.07, 6.45) is 3.15. The van der Waals surface area contributed by atoms with Gasteiger partial charge in [-0.15, -0.1) is 0 Å². The zero-order valence-corrected chi connectivity index (χ0v) is 13.6. The highest BCUT2D eigenvalue weighted by Crippen LogP contribution is 2.18. The molecule has 2 aromatic heterocycles. The van der Waals surface area contributed by atoms with Crippen LogP contribution in [0.5, 0.6) is 5.75 Å². The molecule has 0 unspecified atom stereocenters. The summed E-state index contributed by atoms with van der Waals surface area (Å²) in [6.45, 7) is 0.730. The molecule has 1 amide bonds. The summed E-state index contributed by atoms with van der Waals surface area (Å²) in [4.78, 5) is 20.8. The van der Waals surface area contributed by atoms with Gasteiger partial charge in [0.25, 0.3) is 5.91 Å². The molecule has 6 nitrogen and oxygen atoms in total. The van der Waals surface area contributed by atoms with Crippen LogP contribution in [0.25, 0.3) is 0 Å². The SMILES string of the molecule is NCc1ccnc(NC(=O)c2ncccc2OCc2ccccc2)c1. The van der Waals surface area contributed by atoms with Gasteiger partial charge < -0.3 is 15.8 Å². The van der Waals surface area contributed by atoms with E-state index in [1.165, 1.54) is 0 Å². The monoisotopic (exact) mass is 334 g/mol. The summed E-state index contributed by atoms with van der Waals surface area (Å²) in [6, 6.07) is 16.7. The van der Waals surface area contributed by atoms with Crippen LogP contribution in [0.1, 0.15) is 21.6 Å². The molecule has 0 aliphatic rings. The van der Waals surface area contributed by atoms with Crippen LogP contribution >= 0.6 is 0 Å². The first-order valence-corrected chi connectivity index (χ1v) is 7.84. The van der Waals surface area contributed by atoms with E-state index >= 15 is 0 Å². The van der Waals surface area contributed by atoms with Crippen molar-refractivity contribution in [2.75, 3.05) is 5.32 Å². The lowest BCUT2D eigenvalue weighted by atomic mass is 10.2. The molecular weight excluding hydrogens is 316 g/mol. The molecule has 6 heteroatoms. The number of ether oxygens (including phenoxy) is 1. The Bertz CT molecular complexity index is 853. The van der Waals surface area contributed by atoms with E-state index in [4.69, 9.17) is 10.5 Å². The molecule has 126 valence electrons. The Morgan fingerprint density at radius 3 is 2.64 bits per heavy atom. The van der Waals surface area contributed by atoms with Crippen LogP contribution in [0.15, 0.2) is 67.0 Å². The van der Waals surface area contributed by atoms with Crippen LogP contribution in [-0.4, -0.2) is 15.9 Å². The van der Waals surface area contributed by atoms with Crippen LogP contribution in [0.2, 0.25) is 0 Å². The summed E-state index contributed by atoms with van der Waals surface area (Å²) in [5.41, 5.74) is 7.70. The zero-order valence-electron chi connectivity index (χ0n) is 13.6. The number of nitrogens with one attached hydrogen (secondary N) is 1. The second-order valence-electron chi connectivity index (χ2n) is 5.33. The number of nitrogens with two attached hydrogens (primary N) is 1. The number of pyridine rings is 2. The van der Waals surface area contributed by atoms with Crippen molar-refractivity contribution in [3.8, 4) is 5.75 Å². The van der Waals surface area contributed by atoms with Gasteiger partial charge in [-0.25, -0.2) is 9.97 Å². The van der Waals surface area contributed by atoms with Gasteiger partial charge in [0.05, 0.1) is 0 Å². The lowest BCUT2D eigenvalue weighted by molar-refractivity contribution is 0.101. The fraction of sp³-hybridized carbons (Fsp3) is 0.105. The lowest BCUT2D eigenvalue weighted by Crippen LogP contribution is -2.16.